The molecule has 0 N–H and O–H groups in total. The van der Waals surface area contributed by atoms with Crippen LogP contribution < -0.4 is 4.74 Å². The number of halogens is 1. The molecule has 5 heteroatoms. The van der Waals surface area contributed by atoms with Gasteiger partial charge in [-0.15, -0.1) is 0 Å². The van der Waals surface area contributed by atoms with Gasteiger partial charge in [0.25, 0.3) is 0 Å². The Labute approximate surface area is 152 Å². The smallest absolute Gasteiger partial charge is 0.227 e. The van der Waals surface area contributed by atoms with Gasteiger partial charge in [0.2, 0.25) is 5.91 Å². The second-order valence-corrected chi connectivity index (χ2v) is 7.33. The number of benzene rings is 1. The fraction of sp³-hybridized carbons (Fsp3) is 0.400. The van der Waals surface area contributed by atoms with Crippen molar-refractivity contribution in [2.75, 3.05) is 0 Å². The molecule has 0 radical (unpaired) electrons. The average molecular weight is 357 g/mol. The maximum absolute atomic E-state index is 12.8. The van der Waals surface area contributed by atoms with E-state index in [1.807, 2.05) is 36.4 Å². The molecule has 2 fully saturated rings. The van der Waals surface area contributed by atoms with Crippen LogP contribution in [-0.2, 0) is 11.2 Å². The summed E-state index contributed by atoms with van der Waals surface area (Å²) in [6, 6.07) is 11.9. The lowest BCUT2D eigenvalue weighted by molar-refractivity contribution is -0.136. The molecular formula is C20H21ClN2O2. The number of hydrogen-bond donors (Lipinski definition) is 0. The molecule has 4 rings (SSSR count). The first-order valence-electron chi connectivity index (χ1n) is 8.81. The molecule has 1 aromatic heterocycles. The molecule has 0 spiro atoms. The standard InChI is InChI=1S/C20H21ClN2O2/c21-15-5-3-14(4-6-15)10-20(24)23-16-7-8-17(23)12-19(11-16)25-18-2-1-9-22-13-18/h1-6,9,13,16-17,19H,7-8,10-12H2. The molecule has 2 aliphatic heterocycles. The third kappa shape index (κ3) is 3.64. The number of fused-ring (bicyclic) bond motifs is 2. The normalized spacial score (nSPS) is 25.0. The van der Waals surface area contributed by atoms with Gasteiger partial charge in [-0.05, 0) is 42.7 Å². The molecule has 2 saturated heterocycles. The molecule has 1 aromatic carbocycles. The lowest BCUT2D eigenvalue weighted by Crippen LogP contribution is -2.49. The zero-order valence-electron chi connectivity index (χ0n) is 14.0. The number of amides is 1. The molecule has 0 saturated carbocycles. The Hall–Kier alpha value is -2.07. The van der Waals surface area contributed by atoms with Gasteiger partial charge in [-0.3, -0.25) is 9.78 Å². The summed E-state index contributed by atoms with van der Waals surface area (Å²) in [6.45, 7) is 0. The zero-order valence-corrected chi connectivity index (χ0v) is 14.7. The summed E-state index contributed by atoms with van der Waals surface area (Å²) in [5.74, 6) is 1.03. The van der Waals surface area contributed by atoms with Crippen LogP contribution in [0.1, 0.15) is 31.2 Å². The summed E-state index contributed by atoms with van der Waals surface area (Å²) in [6.07, 6.45) is 8.05. The summed E-state index contributed by atoms with van der Waals surface area (Å²) in [4.78, 5) is 19.0. The Bertz CT molecular complexity index is 721. The van der Waals surface area contributed by atoms with Crippen molar-refractivity contribution in [2.24, 2.45) is 0 Å². The number of nitrogens with zero attached hydrogens (tertiary/aromatic N) is 2. The molecule has 3 heterocycles. The molecular weight excluding hydrogens is 336 g/mol. The van der Waals surface area contributed by atoms with Crippen molar-refractivity contribution in [3.05, 3.63) is 59.4 Å². The topological polar surface area (TPSA) is 42.4 Å². The molecule has 2 aromatic rings. The first-order valence-corrected chi connectivity index (χ1v) is 9.19. The van der Waals surface area contributed by atoms with Crippen molar-refractivity contribution < 1.29 is 9.53 Å². The van der Waals surface area contributed by atoms with E-state index in [2.05, 4.69) is 9.88 Å². The highest BCUT2D eigenvalue weighted by molar-refractivity contribution is 6.30. The quantitative estimate of drug-likeness (QED) is 0.835. The van der Waals surface area contributed by atoms with Crippen molar-refractivity contribution in [1.82, 2.24) is 9.88 Å². The first kappa shape index (κ1) is 16.4. The van der Waals surface area contributed by atoms with Crippen molar-refractivity contribution in [3.63, 3.8) is 0 Å². The van der Waals surface area contributed by atoms with E-state index in [0.717, 1.165) is 37.0 Å². The third-order valence-electron chi connectivity index (χ3n) is 5.18. The third-order valence-corrected chi connectivity index (χ3v) is 5.44. The van der Waals surface area contributed by atoms with Gasteiger partial charge in [0.05, 0.1) is 12.6 Å². The van der Waals surface area contributed by atoms with Crippen LogP contribution in [-0.4, -0.2) is 34.0 Å². The minimum Gasteiger partial charge on any atom is -0.489 e. The van der Waals surface area contributed by atoms with Crippen LogP contribution in [0.15, 0.2) is 48.8 Å². The summed E-state index contributed by atoms with van der Waals surface area (Å²) in [5.41, 5.74) is 1.02. The van der Waals surface area contributed by atoms with Gasteiger partial charge in [0, 0.05) is 36.1 Å². The largest absolute Gasteiger partial charge is 0.489 e. The number of carbonyl (C=O) groups excluding carboxylic acids is 1. The van der Waals surface area contributed by atoms with Gasteiger partial charge < -0.3 is 9.64 Å². The first-order chi connectivity index (χ1) is 12.2. The minimum atomic E-state index is 0.168. The van der Waals surface area contributed by atoms with Gasteiger partial charge in [-0.1, -0.05) is 23.7 Å². The number of aromatic nitrogens is 1. The molecule has 0 aliphatic carbocycles. The van der Waals surface area contributed by atoms with E-state index in [0.29, 0.717) is 23.5 Å². The molecule has 130 valence electrons. The van der Waals surface area contributed by atoms with Gasteiger partial charge in [-0.25, -0.2) is 0 Å². The minimum absolute atomic E-state index is 0.168. The van der Waals surface area contributed by atoms with E-state index in [9.17, 15) is 4.79 Å². The van der Waals surface area contributed by atoms with Crippen molar-refractivity contribution in [1.29, 1.82) is 0 Å². The van der Waals surface area contributed by atoms with E-state index >= 15 is 0 Å². The van der Waals surface area contributed by atoms with Crippen LogP contribution in [0.2, 0.25) is 5.02 Å². The summed E-state index contributed by atoms with van der Waals surface area (Å²) in [7, 11) is 0. The van der Waals surface area contributed by atoms with Crippen molar-refractivity contribution >= 4 is 17.5 Å². The predicted octanol–water partition coefficient (Wildman–Crippen LogP) is 3.88. The van der Waals surface area contributed by atoms with Gasteiger partial charge in [0.1, 0.15) is 11.9 Å². The zero-order chi connectivity index (χ0) is 17.2. The van der Waals surface area contributed by atoms with Gasteiger partial charge >= 0.3 is 0 Å². The van der Waals surface area contributed by atoms with Crippen LogP contribution in [0.25, 0.3) is 0 Å². The summed E-state index contributed by atoms with van der Waals surface area (Å²) in [5, 5.41) is 0.699. The second-order valence-electron chi connectivity index (χ2n) is 6.89. The molecule has 1 amide bonds. The number of carbonyl (C=O) groups is 1. The Kier molecular flexibility index (Phi) is 4.62. The Morgan fingerprint density at radius 2 is 1.88 bits per heavy atom. The monoisotopic (exact) mass is 356 g/mol. The van der Waals surface area contributed by atoms with E-state index < -0.39 is 0 Å². The van der Waals surface area contributed by atoms with E-state index in [4.69, 9.17) is 16.3 Å². The Morgan fingerprint density at radius 1 is 1.16 bits per heavy atom. The lowest BCUT2D eigenvalue weighted by Gasteiger charge is -2.39. The highest BCUT2D eigenvalue weighted by Gasteiger charge is 2.43. The number of hydrogen-bond acceptors (Lipinski definition) is 3. The van der Waals surface area contributed by atoms with E-state index in [1.54, 1.807) is 12.4 Å². The second kappa shape index (κ2) is 7.04. The lowest BCUT2D eigenvalue weighted by atomic mass is 9.98. The highest BCUT2D eigenvalue weighted by Crippen LogP contribution is 2.37. The van der Waals surface area contributed by atoms with E-state index in [1.165, 1.54) is 0 Å². The fourth-order valence-electron chi connectivity index (χ4n) is 4.11. The average Bonchev–Trinajstić information content (AvgIpc) is 2.89. The van der Waals surface area contributed by atoms with Gasteiger partial charge in [-0.2, -0.15) is 0 Å². The summed E-state index contributed by atoms with van der Waals surface area (Å²) < 4.78 is 6.08. The molecule has 4 nitrogen and oxygen atoms in total. The number of rotatable bonds is 4. The molecule has 2 aliphatic rings. The fourth-order valence-corrected chi connectivity index (χ4v) is 4.23. The van der Waals surface area contributed by atoms with Crippen LogP contribution in [0.4, 0.5) is 0 Å². The number of pyridine rings is 1. The van der Waals surface area contributed by atoms with Crippen LogP contribution >= 0.6 is 11.6 Å². The molecule has 2 bridgehead atoms. The molecule has 25 heavy (non-hydrogen) atoms. The van der Waals surface area contributed by atoms with E-state index in [-0.39, 0.29) is 12.0 Å². The van der Waals surface area contributed by atoms with Crippen molar-refractivity contribution in [2.45, 2.75) is 50.3 Å². The molecule has 2 unspecified atom stereocenters. The highest BCUT2D eigenvalue weighted by atomic mass is 35.5. The van der Waals surface area contributed by atoms with Crippen LogP contribution in [0, 0.1) is 0 Å². The van der Waals surface area contributed by atoms with Gasteiger partial charge in [0.15, 0.2) is 0 Å². The maximum atomic E-state index is 12.8. The summed E-state index contributed by atoms with van der Waals surface area (Å²) >= 11 is 5.92. The Morgan fingerprint density at radius 3 is 2.52 bits per heavy atom. The Balaban J connectivity index is 1.40. The maximum Gasteiger partial charge on any atom is 0.227 e. The SMILES string of the molecule is O=C(Cc1ccc(Cl)cc1)N1C2CCC1CC(Oc1cccnc1)C2. The number of piperidine rings is 1. The van der Waals surface area contributed by atoms with Crippen molar-refractivity contribution in [3.8, 4) is 5.75 Å². The molecule has 2 atom stereocenters. The van der Waals surface area contributed by atoms with Crippen LogP contribution in [0.3, 0.4) is 0 Å². The number of ether oxygens (including phenoxy) is 1. The predicted molar refractivity (Wildman–Crippen MR) is 96.7 cm³/mol. The van der Waals surface area contributed by atoms with Crippen LogP contribution in [0.5, 0.6) is 5.75 Å².